The zero-order valence-corrected chi connectivity index (χ0v) is 15.9. The van der Waals surface area contributed by atoms with Crippen molar-refractivity contribution in [3.05, 3.63) is 29.8 Å². The number of carbonyl (C=O) groups is 1. The first-order valence-corrected chi connectivity index (χ1v) is 10.1. The second-order valence-electron chi connectivity index (χ2n) is 8.29. The van der Waals surface area contributed by atoms with E-state index in [-0.39, 0.29) is 0 Å². The van der Waals surface area contributed by atoms with E-state index in [0.717, 1.165) is 62.8 Å². The van der Waals surface area contributed by atoms with Crippen molar-refractivity contribution >= 4 is 5.78 Å². The lowest BCUT2D eigenvalue weighted by Crippen LogP contribution is -2.39. The molecule has 1 aromatic rings. The number of Topliss-reactive ketones (excluding diaryl/α,β-unsaturated/α-hetero) is 1. The van der Waals surface area contributed by atoms with Crippen LogP contribution in [0.4, 0.5) is 0 Å². The van der Waals surface area contributed by atoms with Gasteiger partial charge in [0.25, 0.3) is 0 Å². The van der Waals surface area contributed by atoms with Crippen LogP contribution < -0.4 is 4.74 Å². The Bertz CT molecular complexity index is 534. The van der Waals surface area contributed by atoms with E-state index in [4.69, 9.17) is 4.74 Å². The molecule has 138 valence electrons. The minimum absolute atomic E-state index is 0.425. The number of rotatable bonds is 6. The highest BCUT2D eigenvalue weighted by atomic mass is 16.5. The predicted octanol–water partition coefficient (Wildman–Crippen LogP) is 4.66. The number of ether oxygens (including phenoxy) is 1. The van der Waals surface area contributed by atoms with Gasteiger partial charge < -0.3 is 9.64 Å². The summed E-state index contributed by atoms with van der Waals surface area (Å²) in [6.45, 7) is 9.14. The molecule has 3 nitrogen and oxygen atoms in total. The maximum Gasteiger partial charge on any atom is 0.132 e. The Balaban J connectivity index is 1.38. The molecule has 1 saturated heterocycles. The van der Waals surface area contributed by atoms with Crippen molar-refractivity contribution in [3.63, 3.8) is 0 Å². The lowest BCUT2D eigenvalue weighted by Gasteiger charge is -2.34. The molecule has 0 spiro atoms. The Morgan fingerprint density at radius 3 is 2.32 bits per heavy atom. The van der Waals surface area contributed by atoms with Gasteiger partial charge in [-0.1, -0.05) is 26.0 Å². The first-order chi connectivity index (χ1) is 12.1. The Labute approximate surface area is 152 Å². The Morgan fingerprint density at radius 1 is 1.04 bits per heavy atom. The van der Waals surface area contributed by atoms with Crippen LogP contribution in [0.5, 0.6) is 5.75 Å². The summed E-state index contributed by atoms with van der Waals surface area (Å²) >= 11 is 0. The molecule has 1 saturated carbocycles. The molecule has 2 aliphatic rings. The molecule has 1 aliphatic heterocycles. The van der Waals surface area contributed by atoms with E-state index in [1.807, 2.05) is 0 Å². The molecule has 1 aromatic carbocycles. The number of benzene rings is 1. The van der Waals surface area contributed by atoms with Gasteiger partial charge in [0.2, 0.25) is 0 Å². The zero-order valence-electron chi connectivity index (χ0n) is 15.9. The predicted molar refractivity (Wildman–Crippen MR) is 102 cm³/mol. The smallest absolute Gasteiger partial charge is 0.132 e. The van der Waals surface area contributed by atoms with Crippen LogP contribution in [0, 0.1) is 11.8 Å². The third-order valence-electron chi connectivity index (χ3n) is 5.73. The van der Waals surface area contributed by atoms with Crippen LogP contribution in [0.3, 0.4) is 0 Å². The first-order valence-electron chi connectivity index (χ1n) is 10.1. The summed E-state index contributed by atoms with van der Waals surface area (Å²) in [5, 5.41) is 0. The molecule has 25 heavy (non-hydrogen) atoms. The standard InChI is InChI=1S/C22H33NO2/c1-17-14-18(2)16-23(15-17)12-3-13-25-22-10-6-20(7-11-22)19-4-8-21(24)9-5-19/h6-7,10-11,17-19H,3-5,8-9,12-16H2,1-2H3/t17-,18-/m1/s1. The van der Waals surface area contributed by atoms with Crippen LogP contribution in [-0.4, -0.2) is 36.9 Å². The molecule has 0 amide bonds. The molecule has 0 bridgehead atoms. The van der Waals surface area contributed by atoms with E-state index in [2.05, 4.69) is 43.0 Å². The highest BCUT2D eigenvalue weighted by Gasteiger charge is 2.21. The molecule has 0 unspecified atom stereocenters. The maximum atomic E-state index is 11.4. The van der Waals surface area contributed by atoms with Crippen molar-refractivity contribution in [2.24, 2.45) is 11.8 Å². The number of hydrogen-bond donors (Lipinski definition) is 0. The normalized spacial score (nSPS) is 25.9. The van der Waals surface area contributed by atoms with Crippen LogP contribution in [0.2, 0.25) is 0 Å². The van der Waals surface area contributed by atoms with Gasteiger partial charge in [0, 0.05) is 32.5 Å². The van der Waals surface area contributed by atoms with E-state index in [1.165, 1.54) is 25.1 Å². The fourth-order valence-electron chi connectivity index (χ4n) is 4.56. The molecule has 0 N–H and O–H groups in total. The van der Waals surface area contributed by atoms with Gasteiger partial charge in [0.1, 0.15) is 11.5 Å². The van der Waals surface area contributed by atoms with Gasteiger partial charge in [-0.15, -0.1) is 0 Å². The second-order valence-corrected chi connectivity index (χ2v) is 8.29. The molecule has 2 fully saturated rings. The van der Waals surface area contributed by atoms with Gasteiger partial charge in [-0.25, -0.2) is 0 Å². The minimum Gasteiger partial charge on any atom is -0.494 e. The van der Waals surface area contributed by atoms with Gasteiger partial charge in [-0.3, -0.25) is 4.79 Å². The van der Waals surface area contributed by atoms with Gasteiger partial charge in [0.05, 0.1) is 6.61 Å². The monoisotopic (exact) mass is 343 g/mol. The summed E-state index contributed by atoms with van der Waals surface area (Å²) < 4.78 is 5.93. The summed E-state index contributed by atoms with van der Waals surface area (Å²) in [4.78, 5) is 14.0. The van der Waals surface area contributed by atoms with Crippen molar-refractivity contribution in [1.29, 1.82) is 0 Å². The Kier molecular flexibility index (Phi) is 6.52. The molecule has 0 aromatic heterocycles. The third-order valence-corrected chi connectivity index (χ3v) is 5.73. The van der Waals surface area contributed by atoms with Gasteiger partial charge in [-0.05, 0) is 61.1 Å². The van der Waals surface area contributed by atoms with Gasteiger partial charge >= 0.3 is 0 Å². The minimum atomic E-state index is 0.425. The van der Waals surface area contributed by atoms with Gasteiger partial charge in [0.15, 0.2) is 0 Å². The van der Waals surface area contributed by atoms with Crippen molar-refractivity contribution in [3.8, 4) is 5.75 Å². The second kappa shape index (κ2) is 8.84. The van der Waals surface area contributed by atoms with E-state index < -0.39 is 0 Å². The molecular formula is C22H33NO2. The van der Waals surface area contributed by atoms with Crippen LogP contribution >= 0.6 is 0 Å². The lowest BCUT2D eigenvalue weighted by molar-refractivity contribution is -0.120. The number of nitrogens with zero attached hydrogens (tertiary/aromatic N) is 1. The van der Waals surface area contributed by atoms with E-state index in [1.54, 1.807) is 0 Å². The third kappa shape index (κ3) is 5.57. The first kappa shape index (κ1) is 18.4. The topological polar surface area (TPSA) is 29.5 Å². The molecule has 1 heterocycles. The number of ketones is 1. The van der Waals surface area contributed by atoms with Crippen LogP contribution in [0.15, 0.2) is 24.3 Å². The van der Waals surface area contributed by atoms with Crippen molar-refractivity contribution in [2.75, 3.05) is 26.2 Å². The summed E-state index contributed by atoms with van der Waals surface area (Å²) in [5.41, 5.74) is 1.36. The quantitative estimate of drug-likeness (QED) is 0.704. The summed E-state index contributed by atoms with van der Waals surface area (Å²) in [6, 6.07) is 8.56. The van der Waals surface area contributed by atoms with Crippen LogP contribution in [0.25, 0.3) is 0 Å². The Hall–Kier alpha value is -1.35. The van der Waals surface area contributed by atoms with Crippen LogP contribution in [-0.2, 0) is 4.79 Å². The highest BCUT2D eigenvalue weighted by molar-refractivity contribution is 5.79. The Morgan fingerprint density at radius 2 is 1.68 bits per heavy atom. The molecule has 3 heteroatoms. The number of carbonyl (C=O) groups excluding carboxylic acids is 1. The average molecular weight is 344 g/mol. The summed E-state index contributed by atoms with van der Waals surface area (Å²) in [7, 11) is 0. The van der Waals surface area contributed by atoms with E-state index in [0.29, 0.717) is 11.7 Å². The summed E-state index contributed by atoms with van der Waals surface area (Å²) in [5.74, 6) is 3.60. The molecule has 1 aliphatic carbocycles. The summed E-state index contributed by atoms with van der Waals surface area (Å²) in [6.07, 6.45) is 5.96. The fourth-order valence-corrected chi connectivity index (χ4v) is 4.56. The largest absolute Gasteiger partial charge is 0.494 e. The average Bonchev–Trinajstić information content (AvgIpc) is 2.59. The van der Waals surface area contributed by atoms with Crippen molar-refractivity contribution in [1.82, 2.24) is 4.90 Å². The SMILES string of the molecule is C[C@@H]1C[C@@H](C)CN(CCCOc2ccc(C3CCC(=O)CC3)cc2)C1. The number of likely N-dealkylation sites (tertiary alicyclic amines) is 1. The molecule has 0 radical (unpaired) electrons. The van der Waals surface area contributed by atoms with Crippen molar-refractivity contribution < 1.29 is 9.53 Å². The molecule has 2 atom stereocenters. The molecular weight excluding hydrogens is 310 g/mol. The maximum absolute atomic E-state index is 11.4. The van der Waals surface area contributed by atoms with Crippen LogP contribution in [0.1, 0.15) is 63.9 Å². The zero-order chi connectivity index (χ0) is 17.6. The lowest BCUT2D eigenvalue weighted by atomic mass is 9.83. The van der Waals surface area contributed by atoms with E-state index in [9.17, 15) is 4.79 Å². The number of hydrogen-bond acceptors (Lipinski definition) is 3. The highest BCUT2D eigenvalue weighted by Crippen LogP contribution is 2.32. The van der Waals surface area contributed by atoms with Crippen molar-refractivity contribution in [2.45, 2.75) is 58.3 Å². The van der Waals surface area contributed by atoms with Gasteiger partial charge in [-0.2, -0.15) is 0 Å². The number of piperidine rings is 1. The van der Waals surface area contributed by atoms with E-state index >= 15 is 0 Å². The molecule has 3 rings (SSSR count). The fraction of sp³-hybridized carbons (Fsp3) is 0.682.